The predicted octanol–water partition coefficient (Wildman–Crippen LogP) is 3.08. The second-order valence-corrected chi connectivity index (χ2v) is 6.16. The topological polar surface area (TPSA) is 37.4 Å². The van der Waals surface area contributed by atoms with Crippen molar-refractivity contribution < 1.29 is 9.59 Å². The first kappa shape index (κ1) is 15.7. The summed E-state index contributed by atoms with van der Waals surface area (Å²) >= 11 is 0. The van der Waals surface area contributed by atoms with Crippen molar-refractivity contribution in [3.05, 3.63) is 35.9 Å². The van der Waals surface area contributed by atoms with Crippen molar-refractivity contribution in [1.82, 2.24) is 4.90 Å². The van der Waals surface area contributed by atoms with Gasteiger partial charge in [0.2, 0.25) is 5.91 Å². The van der Waals surface area contributed by atoms with E-state index in [2.05, 4.69) is 12.1 Å². The molecule has 0 aromatic heterocycles. The lowest BCUT2D eigenvalue weighted by molar-refractivity contribution is -0.132. The number of rotatable bonds is 6. The molecule has 1 aliphatic rings. The molecular weight excluding hydrogens is 262 g/mol. The van der Waals surface area contributed by atoms with Gasteiger partial charge < -0.3 is 9.69 Å². The maximum Gasteiger partial charge on any atom is 0.222 e. The molecule has 1 saturated heterocycles. The average molecular weight is 287 g/mol. The molecule has 0 aliphatic carbocycles. The highest BCUT2D eigenvalue weighted by molar-refractivity contribution is 5.76. The van der Waals surface area contributed by atoms with Gasteiger partial charge in [-0.3, -0.25) is 4.79 Å². The van der Waals surface area contributed by atoms with Crippen molar-refractivity contribution in [3.8, 4) is 0 Å². The summed E-state index contributed by atoms with van der Waals surface area (Å²) in [5.74, 6) is 1.01. The van der Waals surface area contributed by atoms with Crippen LogP contribution in [0.5, 0.6) is 0 Å². The Morgan fingerprint density at radius 3 is 2.57 bits per heavy atom. The molecule has 3 nitrogen and oxygen atoms in total. The molecule has 1 aromatic carbocycles. The molecule has 0 saturated carbocycles. The molecule has 1 heterocycles. The van der Waals surface area contributed by atoms with E-state index < -0.39 is 0 Å². The Morgan fingerprint density at radius 1 is 1.29 bits per heavy atom. The average Bonchev–Trinajstić information content (AvgIpc) is 2.54. The molecule has 1 amide bonds. The lowest BCUT2D eigenvalue weighted by Crippen LogP contribution is -2.38. The third-order valence-electron chi connectivity index (χ3n) is 4.38. The van der Waals surface area contributed by atoms with Crippen molar-refractivity contribution in [2.24, 2.45) is 11.8 Å². The van der Waals surface area contributed by atoms with Gasteiger partial charge in [0.05, 0.1) is 0 Å². The van der Waals surface area contributed by atoms with Gasteiger partial charge in [0, 0.05) is 25.4 Å². The molecule has 0 spiro atoms. The fraction of sp³-hybridized carbons (Fsp3) is 0.556. The maximum absolute atomic E-state index is 12.2. The number of piperidine rings is 1. The minimum atomic E-state index is 0.148. The van der Waals surface area contributed by atoms with Gasteiger partial charge in [-0.15, -0.1) is 0 Å². The molecule has 1 aliphatic heterocycles. The van der Waals surface area contributed by atoms with Crippen LogP contribution in [0.4, 0.5) is 0 Å². The van der Waals surface area contributed by atoms with E-state index in [-0.39, 0.29) is 11.8 Å². The number of hydrogen-bond acceptors (Lipinski definition) is 2. The highest BCUT2D eigenvalue weighted by atomic mass is 16.2. The van der Waals surface area contributed by atoms with Gasteiger partial charge in [0.1, 0.15) is 6.29 Å². The fourth-order valence-corrected chi connectivity index (χ4v) is 3.05. The lowest BCUT2D eigenvalue weighted by Gasteiger charge is -2.32. The van der Waals surface area contributed by atoms with Crippen molar-refractivity contribution in [1.29, 1.82) is 0 Å². The third-order valence-corrected chi connectivity index (χ3v) is 4.38. The number of carbonyl (C=O) groups excluding carboxylic acids is 2. The number of hydrogen-bond donors (Lipinski definition) is 0. The van der Waals surface area contributed by atoms with Crippen LogP contribution in [0.15, 0.2) is 30.3 Å². The van der Waals surface area contributed by atoms with Gasteiger partial charge in [-0.25, -0.2) is 0 Å². The molecule has 21 heavy (non-hydrogen) atoms. The van der Waals surface area contributed by atoms with Crippen LogP contribution < -0.4 is 0 Å². The predicted molar refractivity (Wildman–Crippen MR) is 83.9 cm³/mol. The second-order valence-electron chi connectivity index (χ2n) is 6.16. The monoisotopic (exact) mass is 287 g/mol. The third kappa shape index (κ3) is 5.00. The van der Waals surface area contributed by atoms with E-state index in [0.717, 1.165) is 45.1 Å². The van der Waals surface area contributed by atoms with Gasteiger partial charge in [0.15, 0.2) is 0 Å². The van der Waals surface area contributed by atoms with E-state index in [4.69, 9.17) is 0 Å². The zero-order valence-electron chi connectivity index (χ0n) is 12.8. The molecule has 1 atom stereocenters. The van der Waals surface area contributed by atoms with Crippen LogP contribution in [0.3, 0.4) is 0 Å². The van der Waals surface area contributed by atoms with E-state index in [1.807, 2.05) is 30.0 Å². The SMILES string of the molecule is CC(C=O)CC1CCN(C(=O)CCc2ccccc2)CC1. The first-order valence-electron chi connectivity index (χ1n) is 7.96. The first-order valence-corrected chi connectivity index (χ1v) is 7.96. The summed E-state index contributed by atoms with van der Waals surface area (Å²) in [6.45, 7) is 3.68. The number of benzene rings is 1. The minimum Gasteiger partial charge on any atom is -0.343 e. The summed E-state index contributed by atoms with van der Waals surface area (Å²) in [6, 6.07) is 10.2. The number of nitrogens with zero attached hydrogens (tertiary/aromatic N) is 1. The summed E-state index contributed by atoms with van der Waals surface area (Å²) in [7, 11) is 0. The quantitative estimate of drug-likeness (QED) is 0.754. The van der Waals surface area contributed by atoms with E-state index in [0.29, 0.717) is 12.3 Å². The van der Waals surface area contributed by atoms with Gasteiger partial charge in [-0.2, -0.15) is 0 Å². The highest BCUT2D eigenvalue weighted by Gasteiger charge is 2.23. The Bertz CT molecular complexity index is 450. The summed E-state index contributed by atoms with van der Waals surface area (Å²) in [5.41, 5.74) is 1.22. The molecule has 114 valence electrons. The van der Waals surface area contributed by atoms with Crippen molar-refractivity contribution in [3.63, 3.8) is 0 Å². The number of amides is 1. The molecule has 1 fully saturated rings. The Kier molecular flexibility index (Phi) is 5.97. The summed E-state index contributed by atoms with van der Waals surface area (Å²) in [5, 5.41) is 0. The maximum atomic E-state index is 12.2. The Morgan fingerprint density at radius 2 is 1.95 bits per heavy atom. The van der Waals surface area contributed by atoms with Crippen molar-refractivity contribution in [2.75, 3.05) is 13.1 Å². The van der Waals surface area contributed by atoms with E-state index in [9.17, 15) is 9.59 Å². The summed E-state index contributed by atoms with van der Waals surface area (Å²) in [4.78, 5) is 24.9. The minimum absolute atomic E-state index is 0.148. The molecule has 3 heteroatoms. The molecule has 1 aromatic rings. The van der Waals surface area contributed by atoms with Gasteiger partial charge in [0.25, 0.3) is 0 Å². The number of carbonyl (C=O) groups is 2. The summed E-state index contributed by atoms with van der Waals surface area (Å²) in [6.07, 6.45) is 5.50. The molecular formula is C18H25NO2. The van der Waals surface area contributed by atoms with Crippen molar-refractivity contribution >= 4 is 12.2 Å². The summed E-state index contributed by atoms with van der Waals surface area (Å²) < 4.78 is 0. The van der Waals surface area contributed by atoms with Gasteiger partial charge in [-0.1, -0.05) is 37.3 Å². The van der Waals surface area contributed by atoms with E-state index in [1.165, 1.54) is 5.56 Å². The zero-order chi connectivity index (χ0) is 15.1. The van der Waals surface area contributed by atoms with Crippen LogP contribution in [0.2, 0.25) is 0 Å². The Balaban J connectivity index is 1.72. The lowest BCUT2D eigenvalue weighted by atomic mass is 9.88. The number of likely N-dealkylation sites (tertiary alicyclic amines) is 1. The number of aldehydes is 1. The first-order chi connectivity index (χ1) is 10.2. The molecule has 2 rings (SSSR count). The van der Waals surface area contributed by atoms with E-state index in [1.54, 1.807) is 0 Å². The van der Waals surface area contributed by atoms with Crippen LogP contribution in [-0.4, -0.2) is 30.2 Å². The van der Waals surface area contributed by atoms with Crippen LogP contribution in [0, 0.1) is 11.8 Å². The van der Waals surface area contributed by atoms with Gasteiger partial charge in [-0.05, 0) is 37.2 Å². The Hall–Kier alpha value is -1.64. The largest absolute Gasteiger partial charge is 0.343 e. The molecule has 0 bridgehead atoms. The smallest absolute Gasteiger partial charge is 0.222 e. The zero-order valence-corrected chi connectivity index (χ0v) is 12.8. The normalized spacial score (nSPS) is 17.5. The Labute approximate surface area is 127 Å². The van der Waals surface area contributed by atoms with Gasteiger partial charge >= 0.3 is 0 Å². The van der Waals surface area contributed by atoms with Crippen LogP contribution >= 0.6 is 0 Å². The van der Waals surface area contributed by atoms with E-state index >= 15 is 0 Å². The van der Waals surface area contributed by atoms with Crippen molar-refractivity contribution in [2.45, 2.75) is 39.0 Å². The second kappa shape index (κ2) is 7.96. The molecule has 1 unspecified atom stereocenters. The molecule has 0 N–H and O–H groups in total. The fourth-order valence-electron chi connectivity index (χ4n) is 3.05. The van der Waals surface area contributed by atoms with Crippen LogP contribution in [-0.2, 0) is 16.0 Å². The van der Waals surface area contributed by atoms with Crippen LogP contribution in [0.25, 0.3) is 0 Å². The standard InChI is InChI=1S/C18H25NO2/c1-15(14-20)13-17-9-11-19(12-10-17)18(21)8-7-16-5-3-2-4-6-16/h2-6,14-15,17H,7-13H2,1H3. The molecule has 0 radical (unpaired) electrons. The highest BCUT2D eigenvalue weighted by Crippen LogP contribution is 2.24. The number of aryl methyl sites for hydroxylation is 1. The van der Waals surface area contributed by atoms with Crippen LogP contribution in [0.1, 0.15) is 38.2 Å².